The molecule has 9 heteroatoms. The van der Waals surface area contributed by atoms with Gasteiger partial charge in [0.1, 0.15) is 0 Å². The number of Topliss-reactive ketones (excluding diaryl/α,β-unsaturated/α-hetero) is 2. The summed E-state index contributed by atoms with van der Waals surface area (Å²) >= 11 is 12.8. The number of methoxy groups -OCH3 is 1. The summed E-state index contributed by atoms with van der Waals surface area (Å²) in [5.74, 6) is -0.272. The number of ketones is 2. The number of carbonyl (C=O) groups excluding carboxylic acids is 3. The number of nitrogens with zero attached hydrogens (tertiary/aromatic N) is 1. The smallest absolute Gasteiger partial charge is 0.262 e. The third-order valence-corrected chi connectivity index (χ3v) is 8.09. The van der Waals surface area contributed by atoms with Gasteiger partial charge in [-0.25, -0.2) is 0 Å². The minimum absolute atomic E-state index is 0.0660. The highest BCUT2D eigenvalue weighted by molar-refractivity contribution is 6.33. The molecule has 0 spiro atoms. The molecule has 1 heterocycles. The monoisotopic (exact) mass is 568 g/mol. The maximum atomic E-state index is 13.4. The summed E-state index contributed by atoms with van der Waals surface area (Å²) in [5.41, 5.74) is 4.57. The summed E-state index contributed by atoms with van der Waals surface area (Å²) in [7, 11) is 1.48. The largest absolute Gasteiger partial charge is 0.493 e. The maximum Gasteiger partial charge on any atom is 0.262 e. The van der Waals surface area contributed by atoms with Crippen LogP contribution in [0.4, 0.5) is 5.69 Å². The van der Waals surface area contributed by atoms with Crippen LogP contribution in [0.1, 0.15) is 56.9 Å². The number of allylic oxidation sites excluding steroid dienone is 4. The number of rotatable bonds is 7. The summed E-state index contributed by atoms with van der Waals surface area (Å²) in [4.78, 5) is 41.4. The zero-order valence-electron chi connectivity index (χ0n) is 21.9. The van der Waals surface area contributed by atoms with Crippen LogP contribution in [-0.2, 0) is 14.4 Å². The molecule has 0 saturated carbocycles. The van der Waals surface area contributed by atoms with E-state index in [-0.39, 0.29) is 28.9 Å². The van der Waals surface area contributed by atoms with E-state index in [0.717, 1.165) is 37.1 Å². The van der Waals surface area contributed by atoms with Gasteiger partial charge in [-0.3, -0.25) is 14.4 Å². The summed E-state index contributed by atoms with van der Waals surface area (Å²) in [6.45, 7) is 2.44. The Labute approximate surface area is 237 Å². The predicted molar refractivity (Wildman–Crippen MR) is 150 cm³/mol. The minimum atomic E-state index is -0.512. The fourth-order valence-corrected chi connectivity index (χ4v) is 6.32. The number of hydrogen-bond acceptors (Lipinski definition) is 6. The van der Waals surface area contributed by atoms with E-state index < -0.39 is 11.8 Å². The Morgan fingerprint density at radius 3 is 2.21 bits per heavy atom. The Balaban J connectivity index is 1.50. The number of ether oxygens (including phenoxy) is 2. The van der Waals surface area contributed by atoms with Crippen LogP contribution in [0.2, 0.25) is 10.0 Å². The van der Waals surface area contributed by atoms with Crippen LogP contribution in [0.15, 0.2) is 58.9 Å². The first-order valence-electron chi connectivity index (χ1n) is 13.2. The molecule has 3 aliphatic rings. The van der Waals surface area contributed by atoms with Crippen molar-refractivity contribution in [1.82, 2.24) is 4.90 Å². The first-order valence-corrected chi connectivity index (χ1v) is 13.9. The Morgan fingerprint density at radius 1 is 0.974 bits per heavy atom. The fraction of sp³-hybridized carbons (Fsp3) is 0.367. The van der Waals surface area contributed by atoms with Gasteiger partial charge in [0.2, 0.25) is 0 Å². The Kier molecular flexibility index (Phi) is 8.01. The number of halogens is 2. The highest BCUT2D eigenvalue weighted by Gasteiger charge is 2.43. The van der Waals surface area contributed by atoms with Gasteiger partial charge in [0.05, 0.1) is 22.8 Å². The molecular formula is C30H30Cl2N2O5. The zero-order valence-corrected chi connectivity index (χ0v) is 23.5. The van der Waals surface area contributed by atoms with E-state index >= 15 is 0 Å². The standard InChI is InChI=1S/C30H30Cl2N2O5/c1-3-34-21-10-6-12-23(35)28(21)27(29-22(34)11-7-13-24(29)36)17-14-19(32)30(25(15-17)38-2)39-16-26(37)33-20-9-5-4-8-18(20)31/h4-5,8-9,14-15,27H,3,6-7,10-13,16H2,1-2H3,(H,33,37). The minimum Gasteiger partial charge on any atom is -0.493 e. The summed E-state index contributed by atoms with van der Waals surface area (Å²) in [6.07, 6.45) is 4.09. The van der Waals surface area contributed by atoms with Crippen LogP contribution in [0.3, 0.4) is 0 Å². The molecule has 7 nitrogen and oxygen atoms in total. The second-order valence-electron chi connectivity index (χ2n) is 9.80. The van der Waals surface area contributed by atoms with Gasteiger partial charge in [-0.2, -0.15) is 0 Å². The Bertz CT molecular complexity index is 1370. The number of anilines is 1. The summed E-state index contributed by atoms with van der Waals surface area (Å²) < 4.78 is 11.4. The fourth-order valence-electron chi connectivity index (χ4n) is 5.86. The number of amides is 1. The normalized spacial score (nSPS) is 17.7. The van der Waals surface area contributed by atoms with Gasteiger partial charge in [-0.1, -0.05) is 35.3 Å². The molecule has 2 aliphatic carbocycles. The van der Waals surface area contributed by atoms with Crippen molar-refractivity contribution in [3.63, 3.8) is 0 Å². The quantitative estimate of drug-likeness (QED) is 0.413. The highest BCUT2D eigenvalue weighted by atomic mass is 35.5. The topological polar surface area (TPSA) is 84.9 Å². The van der Waals surface area contributed by atoms with Gasteiger partial charge in [-0.05, 0) is 62.4 Å². The highest BCUT2D eigenvalue weighted by Crippen LogP contribution is 2.51. The third-order valence-electron chi connectivity index (χ3n) is 7.48. The van der Waals surface area contributed by atoms with Gasteiger partial charge >= 0.3 is 0 Å². The SMILES string of the molecule is CCN1C2=C(C(=O)CCC2)C(c2cc(Cl)c(OCC(=O)Nc3ccccc3Cl)c(OC)c2)C2=C1CCCC2=O. The van der Waals surface area contributed by atoms with Gasteiger partial charge in [-0.15, -0.1) is 0 Å². The number of nitrogens with one attached hydrogen (secondary N) is 1. The second-order valence-corrected chi connectivity index (χ2v) is 10.6. The van der Waals surface area contributed by atoms with E-state index in [2.05, 4.69) is 17.1 Å². The molecule has 2 aromatic rings. The molecule has 39 heavy (non-hydrogen) atoms. The molecule has 0 unspecified atom stereocenters. The average Bonchev–Trinajstić information content (AvgIpc) is 2.92. The van der Waals surface area contributed by atoms with Crippen LogP contribution >= 0.6 is 23.2 Å². The van der Waals surface area contributed by atoms with E-state index in [1.54, 1.807) is 36.4 Å². The van der Waals surface area contributed by atoms with E-state index in [4.69, 9.17) is 32.7 Å². The number of hydrogen-bond donors (Lipinski definition) is 1. The average molecular weight is 569 g/mol. The zero-order chi connectivity index (χ0) is 27.7. The molecule has 0 aromatic heterocycles. The number of benzene rings is 2. The van der Waals surface area contributed by atoms with Gasteiger partial charge in [0, 0.05) is 47.8 Å². The molecule has 204 valence electrons. The molecule has 0 bridgehead atoms. The van der Waals surface area contributed by atoms with Crippen molar-refractivity contribution in [2.45, 2.75) is 51.4 Å². The van der Waals surface area contributed by atoms with Crippen LogP contribution < -0.4 is 14.8 Å². The first-order chi connectivity index (χ1) is 18.8. The summed E-state index contributed by atoms with van der Waals surface area (Å²) in [6, 6.07) is 10.4. The lowest BCUT2D eigenvalue weighted by Crippen LogP contribution is -2.39. The van der Waals surface area contributed by atoms with E-state index in [1.165, 1.54) is 7.11 Å². The van der Waals surface area contributed by atoms with Crippen LogP contribution in [-0.4, -0.2) is 42.6 Å². The molecular weight excluding hydrogens is 539 g/mol. The van der Waals surface area contributed by atoms with Gasteiger partial charge in [0.25, 0.3) is 5.91 Å². The van der Waals surface area contributed by atoms with Crippen molar-refractivity contribution < 1.29 is 23.9 Å². The molecule has 5 rings (SSSR count). The lowest BCUT2D eigenvalue weighted by Gasteiger charge is -2.43. The van der Waals surface area contributed by atoms with Crippen molar-refractivity contribution >= 4 is 46.4 Å². The van der Waals surface area contributed by atoms with E-state index in [9.17, 15) is 14.4 Å². The molecule has 0 radical (unpaired) electrons. The third kappa shape index (κ3) is 5.18. The molecule has 0 atom stereocenters. The van der Waals surface area contributed by atoms with Crippen molar-refractivity contribution in [1.29, 1.82) is 0 Å². The molecule has 0 fully saturated rings. The molecule has 0 saturated heterocycles. The van der Waals surface area contributed by atoms with Crippen molar-refractivity contribution in [2.75, 3.05) is 25.6 Å². The van der Waals surface area contributed by atoms with Crippen LogP contribution in [0.25, 0.3) is 0 Å². The summed E-state index contributed by atoms with van der Waals surface area (Å²) in [5, 5.41) is 3.35. The van der Waals surface area contributed by atoms with Gasteiger partial charge in [0.15, 0.2) is 29.7 Å². The number of para-hydroxylation sites is 1. The lowest BCUT2D eigenvalue weighted by molar-refractivity contribution is -0.118. The second kappa shape index (κ2) is 11.4. The van der Waals surface area contributed by atoms with E-state index in [1.807, 2.05) is 0 Å². The Hall–Kier alpha value is -3.29. The molecule has 1 N–H and O–H groups in total. The first kappa shape index (κ1) is 27.3. The van der Waals surface area contributed by atoms with Gasteiger partial charge < -0.3 is 19.7 Å². The van der Waals surface area contributed by atoms with Crippen molar-refractivity contribution in [3.05, 3.63) is 74.5 Å². The lowest BCUT2D eigenvalue weighted by atomic mass is 9.71. The molecule has 1 amide bonds. The van der Waals surface area contributed by atoms with Crippen molar-refractivity contribution in [2.24, 2.45) is 0 Å². The molecule has 2 aromatic carbocycles. The van der Waals surface area contributed by atoms with E-state index in [0.29, 0.717) is 52.6 Å². The maximum absolute atomic E-state index is 13.4. The van der Waals surface area contributed by atoms with Crippen LogP contribution in [0, 0.1) is 0 Å². The molecule has 1 aliphatic heterocycles. The predicted octanol–water partition coefficient (Wildman–Crippen LogP) is 6.45. The van der Waals surface area contributed by atoms with Crippen molar-refractivity contribution in [3.8, 4) is 11.5 Å². The number of carbonyl (C=O) groups is 3. The van der Waals surface area contributed by atoms with Crippen LogP contribution in [0.5, 0.6) is 11.5 Å². The Morgan fingerprint density at radius 2 is 1.62 bits per heavy atom.